The summed E-state index contributed by atoms with van der Waals surface area (Å²) in [6, 6.07) is 8.78. The van der Waals surface area contributed by atoms with Crippen molar-refractivity contribution in [1.82, 2.24) is 19.6 Å². The van der Waals surface area contributed by atoms with E-state index in [4.69, 9.17) is 27.9 Å². The van der Waals surface area contributed by atoms with E-state index in [-0.39, 0.29) is 11.1 Å². The predicted octanol–water partition coefficient (Wildman–Crippen LogP) is 5.63. The zero-order valence-electron chi connectivity index (χ0n) is 20.9. The number of piperazine rings is 1. The molecule has 0 radical (unpaired) electrons. The summed E-state index contributed by atoms with van der Waals surface area (Å²) in [7, 11) is 1.56. The Kier molecular flexibility index (Phi) is 7.60. The monoisotopic (exact) mass is 561 g/mol. The van der Waals surface area contributed by atoms with Crippen LogP contribution in [0.2, 0.25) is 10.0 Å². The lowest BCUT2D eigenvalue weighted by Crippen LogP contribution is -2.50. The van der Waals surface area contributed by atoms with Crippen molar-refractivity contribution in [1.29, 1.82) is 0 Å². The van der Waals surface area contributed by atoms with Gasteiger partial charge in [-0.3, -0.25) is 9.80 Å². The van der Waals surface area contributed by atoms with Crippen LogP contribution in [0.15, 0.2) is 41.4 Å². The molecule has 1 atom stereocenters. The predicted molar refractivity (Wildman–Crippen MR) is 148 cm³/mol. The van der Waals surface area contributed by atoms with Crippen LogP contribution in [0.5, 0.6) is 5.75 Å². The van der Waals surface area contributed by atoms with Gasteiger partial charge in [-0.05, 0) is 35.7 Å². The molecule has 8 nitrogen and oxygen atoms in total. The van der Waals surface area contributed by atoms with Crippen molar-refractivity contribution in [3.05, 3.63) is 63.4 Å². The molecule has 5 rings (SSSR count). The number of halogens is 2. The molecule has 0 saturated carbocycles. The molecule has 1 fully saturated rings. The summed E-state index contributed by atoms with van der Waals surface area (Å²) in [4.78, 5) is 17.2. The molecular weight excluding hydrogens is 533 g/mol. The topological polar surface area (TPSA) is 82.9 Å². The Morgan fingerprint density at radius 2 is 1.92 bits per heavy atom. The van der Waals surface area contributed by atoms with E-state index in [0.29, 0.717) is 27.4 Å². The first-order valence-corrected chi connectivity index (χ1v) is 13.8. The minimum absolute atomic E-state index is 0.0220. The SMILES string of the molecule is COc1cc(C(=O)O)cc2c1NC(N1CCN(Cc3c(C(C)C)cnn3-c3c(Cl)cccc3Cl)CC1)S2. The second-order valence-electron chi connectivity index (χ2n) is 9.47. The van der Waals surface area contributed by atoms with Crippen molar-refractivity contribution in [2.75, 3.05) is 38.6 Å². The van der Waals surface area contributed by atoms with E-state index in [1.807, 2.05) is 29.1 Å². The Labute approximate surface area is 230 Å². The number of aromatic carboxylic acids is 1. The van der Waals surface area contributed by atoms with E-state index in [9.17, 15) is 9.90 Å². The molecular formula is C26H29Cl2N5O3S. The van der Waals surface area contributed by atoms with Crippen LogP contribution in [0, 0.1) is 0 Å². The molecule has 196 valence electrons. The zero-order valence-corrected chi connectivity index (χ0v) is 23.2. The Morgan fingerprint density at radius 1 is 1.22 bits per heavy atom. The first kappa shape index (κ1) is 26.2. The summed E-state index contributed by atoms with van der Waals surface area (Å²) in [6.07, 6.45) is 1.92. The molecule has 2 aromatic carbocycles. The van der Waals surface area contributed by atoms with Gasteiger partial charge >= 0.3 is 5.97 Å². The van der Waals surface area contributed by atoms with E-state index < -0.39 is 5.97 Å². The van der Waals surface area contributed by atoms with Gasteiger partial charge in [-0.1, -0.05) is 54.9 Å². The lowest BCUT2D eigenvalue weighted by atomic mass is 10.0. The fraction of sp³-hybridized carbons (Fsp3) is 0.385. The van der Waals surface area contributed by atoms with E-state index in [0.717, 1.165) is 49.0 Å². The van der Waals surface area contributed by atoms with Crippen LogP contribution in [0.25, 0.3) is 5.69 Å². The lowest BCUT2D eigenvalue weighted by Gasteiger charge is -2.37. The van der Waals surface area contributed by atoms with E-state index in [1.165, 1.54) is 5.56 Å². The van der Waals surface area contributed by atoms with Gasteiger partial charge in [-0.15, -0.1) is 0 Å². The fourth-order valence-electron chi connectivity index (χ4n) is 4.83. The highest BCUT2D eigenvalue weighted by Crippen LogP contribution is 2.46. The molecule has 3 heterocycles. The number of nitrogens with zero attached hydrogens (tertiary/aromatic N) is 4. The van der Waals surface area contributed by atoms with Gasteiger partial charge in [0, 0.05) is 37.6 Å². The summed E-state index contributed by atoms with van der Waals surface area (Å²) < 4.78 is 7.35. The van der Waals surface area contributed by atoms with Crippen molar-refractivity contribution in [2.24, 2.45) is 0 Å². The summed E-state index contributed by atoms with van der Waals surface area (Å²) in [5.74, 6) is -0.0948. The minimum atomic E-state index is -0.961. The average Bonchev–Trinajstić information content (AvgIpc) is 3.48. The molecule has 1 aromatic heterocycles. The number of anilines is 1. The maximum Gasteiger partial charge on any atom is 0.335 e. The Bertz CT molecular complexity index is 1300. The largest absolute Gasteiger partial charge is 0.495 e. The van der Waals surface area contributed by atoms with E-state index in [1.54, 1.807) is 31.0 Å². The number of methoxy groups -OCH3 is 1. The third-order valence-electron chi connectivity index (χ3n) is 6.82. The van der Waals surface area contributed by atoms with Gasteiger partial charge in [0.25, 0.3) is 0 Å². The van der Waals surface area contributed by atoms with Crippen molar-refractivity contribution in [3.8, 4) is 11.4 Å². The molecule has 37 heavy (non-hydrogen) atoms. The van der Waals surface area contributed by atoms with Crippen molar-refractivity contribution >= 4 is 46.6 Å². The van der Waals surface area contributed by atoms with Gasteiger partial charge in [0.1, 0.15) is 16.9 Å². The smallest absolute Gasteiger partial charge is 0.335 e. The summed E-state index contributed by atoms with van der Waals surface area (Å²) in [6.45, 7) is 8.57. The highest BCUT2D eigenvalue weighted by Gasteiger charge is 2.33. The molecule has 0 aliphatic carbocycles. The summed E-state index contributed by atoms with van der Waals surface area (Å²) >= 11 is 14.7. The average molecular weight is 563 g/mol. The Morgan fingerprint density at radius 3 is 2.54 bits per heavy atom. The van der Waals surface area contributed by atoms with Crippen LogP contribution in [0.4, 0.5) is 5.69 Å². The maximum atomic E-state index is 11.5. The normalized spacial score (nSPS) is 18.2. The molecule has 0 bridgehead atoms. The van der Waals surface area contributed by atoms with Gasteiger partial charge in [-0.25, -0.2) is 9.48 Å². The lowest BCUT2D eigenvalue weighted by molar-refractivity contribution is 0.0696. The molecule has 0 amide bonds. The molecule has 1 unspecified atom stereocenters. The van der Waals surface area contributed by atoms with Crippen LogP contribution in [-0.2, 0) is 6.54 Å². The van der Waals surface area contributed by atoms with Crippen molar-refractivity contribution in [3.63, 3.8) is 0 Å². The van der Waals surface area contributed by atoms with Crippen LogP contribution in [-0.4, -0.2) is 69.4 Å². The number of hydrogen-bond acceptors (Lipinski definition) is 7. The number of benzene rings is 2. The first-order valence-electron chi connectivity index (χ1n) is 12.1. The molecule has 11 heteroatoms. The summed E-state index contributed by atoms with van der Waals surface area (Å²) in [5.41, 5.74) is 4.10. The Balaban J connectivity index is 1.30. The molecule has 3 aromatic rings. The molecule has 0 spiro atoms. The second-order valence-corrected chi connectivity index (χ2v) is 11.4. The number of para-hydroxylation sites is 1. The highest BCUT2D eigenvalue weighted by molar-refractivity contribution is 8.00. The number of carboxylic acid groups (broad SMARTS) is 1. The van der Waals surface area contributed by atoms with Crippen molar-refractivity contribution < 1.29 is 14.6 Å². The maximum absolute atomic E-state index is 11.5. The quantitative estimate of drug-likeness (QED) is 0.384. The Hall–Kier alpha value is -2.43. The zero-order chi connectivity index (χ0) is 26.3. The highest BCUT2D eigenvalue weighted by atomic mass is 35.5. The van der Waals surface area contributed by atoms with Gasteiger partial charge < -0.3 is 15.2 Å². The van der Waals surface area contributed by atoms with Crippen LogP contribution >= 0.6 is 35.0 Å². The molecule has 2 aliphatic rings. The number of aromatic nitrogens is 2. The number of carboxylic acids is 1. The van der Waals surface area contributed by atoms with Gasteiger partial charge in [0.05, 0.1) is 40.3 Å². The number of nitrogens with one attached hydrogen (secondary N) is 1. The number of fused-ring (bicyclic) bond motifs is 1. The van der Waals surface area contributed by atoms with E-state index >= 15 is 0 Å². The van der Waals surface area contributed by atoms with Gasteiger partial charge in [0.15, 0.2) is 0 Å². The third-order valence-corrected chi connectivity index (χ3v) is 8.65. The number of rotatable bonds is 7. The van der Waals surface area contributed by atoms with Crippen LogP contribution in [0.1, 0.15) is 41.4 Å². The number of hydrogen-bond donors (Lipinski definition) is 2. The van der Waals surface area contributed by atoms with Crippen LogP contribution in [0.3, 0.4) is 0 Å². The number of carbonyl (C=O) groups is 1. The molecule has 1 saturated heterocycles. The van der Waals surface area contributed by atoms with Gasteiger partial charge in [-0.2, -0.15) is 5.10 Å². The first-order chi connectivity index (χ1) is 17.8. The number of ether oxygens (including phenoxy) is 1. The summed E-state index contributed by atoms with van der Waals surface area (Å²) in [5, 5.41) is 18.8. The van der Waals surface area contributed by atoms with Gasteiger partial charge in [0.2, 0.25) is 0 Å². The third kappa shape index (κ3) is 5.15. The van der Waals surface area contributed by atoms with E-state index in [2.05, 4.69) is 34.1 Å². The minimum Gasteiger partial charge on any atom is -0.495 e. The standard InChI is InChI=1S/C26H29Cl2N5O3S/c1-15(2)17-13-29-33(24-18(27)5-4-6-19(24)28)20(17)14-31-7-9-32(10-8-31)26-30-23-21(36-3)11-16(25(34)35)12-22(23)37-26/h4-6,11-13,15,26,30H,7-10,14H2,1-3H3,(H,34,35). The number of thioether (sulfide) groups is 1. The molecule has 2 aliphatic heterocycles. The molecule has 2 N–H and O–H groups in total. The van der Waals surface area contributed by atoms with Crippen LogP contribution < -0.4 is 10.1 Å². The fourth-order valence-corrected chi connectivity index (χ4v) is 6.63. The second kappa shape index (κ2) is 10.7. The van der Waals surface area contributed by atoms with Crippen molar-refractivity contribution in [2.45, 2.75) is 36.7 Å².